The predicted octanol–water partition coefficient (Wildman–Crippen LogP) is 3.07. The van der Waals surface area contributed by atoms with Crippen LogP contribution in [0.2, 0.25) is 0 Å². The van der Waals surface area contributed by atoms with E-state index in [1.54, 1.807) is 6.92 Å². The molecule has 0 spiro atoms. The average Bonchev–Trinajstić information content (AvgIpc) is 3.20. The minimum atomic E-state index is -0.536. The van der Waals surface area contributed by atoms with Gasteiger partial charge in [-0.15, -0.1) is 0 Å². The minimum Gasteiger partial charge on any atom is -0.460 e. The molecule has 0 fully saturated rings. The predicted molar refractivity (Wildman–Crippen MR) is 99.9 cm³/mol. The van der Waals surface area contributed by atoms with Gasteiger partial charge in [-0.1, -0.05) is 0 Å². The maximum Gasteiger partial charge on any atom is 0.340 e. The van der Waals surface area contributed by atoms with Crippen LogP contribution in [0.3, 0.4) is 0 Å². The zero-order chi connectivity index (χ0) is 19.3. The number of furan rings is 1. The molecule has 0 saturated carbocycles. The number of aromatic nitrogens is 3. The number of aromatic amines is 1. The third kappa shape index (κ3) is 2.69. The number of nitrogens with zero attached hydrogens (tertiary/aromatic N) is 2. The van der Waals surface area contributed by atoms with E-state index < -0.39 is 11.5 Å². The third-order valence-corrected chi connectivity index (χ3v) is 4.89. The van der Waals surface area contributed by atoms with Gasteiger partial charge in [0, 0.05) is 5.39 Å². The summed E-state index contributed by atoms with van der Waals surface area (Å²) >= 11 is 0. The summed E-state index contributed by atoms with van der Waals surface area (Å²) in [6.45, 7) is 7.66. The number of H-pyrrole nitrogens is 1. The van der Waals surface area contributed by atoms with Gasteiger partial charge in [0.15, 0.2) is 0 Å². The molecule has 8 nitrogen and oxygen atoms in total. The topological polar surface area (TPSA) is 114 Å². The van der Waals surface area contributed by atoms with Crippen molar-refractivity contribution < 1.29 is 13.6 Å². The highest BCUT2D eigenvalue weighted by Gasteiger charge is 2.21. The first-order valence-electron chi connectivity index (χ1n) is 8.47. The molecule has 1 amide bonds. The zero-order valence-corrected chi connectivity index (χ0v) is 15.4. The van der Waals surface area contributed by atoms with Crippen LogP contribution >= 0.6 is 0 Å². The first-order valence-corrected chi connectivity index (χ1v) is 8.47. The normalized spacial score (nSPS) is 11.4. The van der Waals surface area contributed by atoms with Crippen LogP contribution in [-0.4, -0.2) is 21.1 Å². The first-order chi connectivity index (χ1) is 12.9. The van der Waals surface area contributed by atoms with E-state index in [0.717, 1.165) is 22.3 Å². The van der Waals surface area contributed by atoms with Crippen LogP contribution in [0.5, 0.6) is 0 Å². The number of aryl methyl sites for hydroxylation is 4. The van der Waals surface area contributed by atoms with Crippen molar-refractivity contribution in [2.24, 2.45) is 0 Å². The molecule has 0 atom stereocenters. The molecular weight excluding hydrogens is 348 g/mol. The fraction of sp³-hybridized carbons (Fsp3) is 0.263. The minimum absolute atomic E-state index is 0.140. The highest BCUT2D eigenvalue weighted by Crippen LogP contribution is 2.36. The van der Waals surface area contributed by atoms with E-state index in [1.807, 2.05) is 26.8 Å². The lowest BCUT2D eigenvalue weighted by Crippen LogP contribution is -2.21. The van der Waals surface area contributed by atoms with Gasteiger partial charge in [-0.25, -0.2) is 9.89 Å². The largest absolute Gasteiger partial charge is 0.460 e. The molecule has 0 aliphatic heterocycles. The van der Waals surface area contributed by atoms with Crippen molar-refractivity contribution >= 4 is 33.8 Å². The van der Waals surface area contributed by atoms with Crippen LogP contribution in [-0.2, 0) is 11.2 Å². The number of anilines is 1. The Morgan fingerprint density at radius 3 is 2.63 bits per heavy atom. The van der Waals surface area contributed by atoms with Gasteiger partial charge in [0.25, 0.3) is 0 Å². The van der Waals surface area contributed by atoms with E-state index >= 15 is 0 Å². The fourth-order valence-corrected chi connectivity index (χ4v) is 3.44. The van der Waals surface area contributed by atoms with Gasteiger partial charge < -0.3 is 8.83 Å². The second-order valence-corrected chi connectivity index (χ2v) is 6.61. The molecule has 1 aromatic carbocycles. The molecule has 0 aliphatic carbocycles. The number of fused-ring (bicyclic) bond motifs is 3. The smallest absolute Gasteiger partial charge is 0.340 e. The van der Waals surface area contributed by atoms with Gasteiger partial charge in [0.1, 0.15) is 23.3 Å². The van der Waals surface area contributed by atoms with Crippen LogP contribution in [0.15, 0.2) is 26.0 Å². The number of benzene rings is 1. The van der Waals surface area contributed by atoms with Gasteiger partial charge in [-0.05, 0) is 50.5 Å². The summed E-state index contributed by atoms with van der Waals surface area (Å²) in [6.07, 6.45) is 1.14. The second-order valence-electron chi connectivity index (χ2n) is 6.61. The quantitative estimate of drug-likeness (QED) is 0.539. The highest BCUT2D eigenvalue weighted by molar-refractivity contribution is 6.07. The van der Waals surface area contributed by atoms with Gasteiger partial charge in [0.2, 0.25) is 11.9 Å². The first kappa shape index (κ1) is 17.0. The number of hydrogen-bond donors (Lipinski definition) is 2. The molecule has 3 heterocycles. The summed E-state index contributed by atoms with van der Waals surface area (Å²) in [5, 5.41) is 10.5. The van der Waals surface area contributed by atoms with Crippen molar-refractivity contribution in [2.75, 3.05) is 5.32 Å². The second kappa shape index (κ2) is 6.08. The van der Waals surface area contributed by atoms with Crippen LogP contribution in [0.1, 0.15) is 28.0 Å². The van der Waals surface area contributed by atoms with Gasteiger partial charge in [-0.3, -0.25) is 10.1 Å². The van der Waals surface area contributed by atoms with Crippen LogP contribution in [0.4, 0.5) is 5.95 Å². The van der Waals surface area contributed by atoms with Crippen LogP contribution < -0.4 is 10.9 Å². The molecule has 138 valence electrons. The van der Waals surface area contributed by atoms with E-state index in [0.29, 0.717) is 22.1 Å². The Hall–Kier alpha value is -3.42. The molecule has 0 aliphatic rings. The SMILES string of the molecule is Cc1oc2c(c(C)cc3oc(=O)c(CC(=O)Nc4ncn[nH]4)c(C)c32)c1C. The number of hydrogen-bond acceptors (Lipinski definition) is 6. The number of carbonyl (C=O) groups excluding carboxylic acids is 1. The number of nitrogens with one attached hydrogen (secondary N) is 2. The van der Waals surface area contributed by atoms with E-state index in [4.69, 9.17) is 8.83 Å². The van der Waals surface area contributed by atoms with E-state index in [9.17, 15) is 9.59 Å². The lowest BCUT2D eigenvalue weighted by molar-refractivity contribution is -0.115. The molecule has 4 aromatic rings. The molecular formula is C19H18N4O4. The molecule has 4 rings (SSSR count). The Bertz CT molecular complexity index is 1250. The number of carbonyl (C=O) groups is 1. The lowest BCUT2D eigenvalue weighted by atomic mass is 9.98. The van der Waals surface area contributed by atoms with Crippen LogP contribution in [0, 0.1) is 27.7 Å². The molecule has 0 bridgehead atoms. The monoisotopic (exact) mass is 366 g/mol. The molecule has 3 aromatic heterocycles. The maximum atomic E-state index is 12.5. The van der Waals surface area contributed by atoms with Crippen molar-refractivity contribution in [1.82, 2.24) is 15.2 Å². The Kier molecular flexibility index (Phi) is 3.83. The Morgan fingerprint density at radius 1 is 1.15 bits per heavy atom. The summed E-state index contributed by atoms with van der Waals surface area (Å²) in [5.74, 6) is 0.644. The van der Waals surface area contributed by atoms with Crippen LogP contribution in [0.25, 0.3) is 21.9 Å². The molecule has 2 N–H and O–H groups in total. The zero-order valence-electron chi connectivity index (χ0n) is 15.4. The molecule has 8 heteroatoms. The highest BCUT2D eigenvalue weighted by atomic mass is 16.4. The summed E-state index contributed by atoms with van der Waals surface area (Å²) in [4.78, 5) is 28.6. The standard InChI is InChI=1S/C19H18N4O4/c1-8-5-13-16(17-15(8)9(2)11(4)26-17)10(3)12(18(25)27-13)6-14(24)22-19-20-7-21-23-19/h5,7H,6H2,1-4H3,(H2,20,21,22,23,24). The molecule has 27 heavy (non-hydrogen) atoms. The van der Waals surface area contributed by atoms with Crippen molar-refractivity contribution in [2.45, 2.75) is 34.1 Å². The van der Waals surface area contributed by atoms with Gasteiger partial charge in [-0.2, -0.15) is 10.1 Å². The summed E-state index contributed by atoms with van der Waals surface area (Å²) in [6, 6.07) is 1.84. The van der Waals surface area contributed by atoms with Crippen molar-refractivity contribution in [3.63, 3.8) is 0 Å². The van der Waals surface area contributed by atoms with Crippen molar-refractivity contribution in [1.29, 1.82) is 0 Å². The Morgan fingerprint density at radius 2 is 1.93 bits per heavy atom. The average molecular weight is 366 g/mol. The summed E-state index contributed by atoms with van der Waals surface area (Å²) in [5.41, 5.74) is 3.59. The van der Waals surface area contributed by atoms with E-state index in [1.165, 1.54) is 6.33 Å². The van der Waals surface area contributed by atoms with Gasteiger partial charge in [0.05, 0.1) is 17.4 Å². The van der Waals surface area contributed by atoms with Gasteiger partial charge >= 0.3 is 5.63 Å². The summed E-state index contributed by atoms with van der Waals surface area (Å²) < 4.78 is 11.5. The summed E-state index contributed by atoms with van der Waals surface area (Å²) in [7, 11) is 0. The number of amides is 1. The molecule has 0 saturated heterocycles. The number of rotatable bonds is 3. The van der Waals surface area contributed by atoms with E-state index in [-0.39, 0.29) is 17.9 Å². The Balaban J connectivity index is 1.88. The third-order valence-electron chi connectivity index (χ3n) is 4.89. The fourth-order valence-electron chi connectivity index (χ4n) is 3.44. The van der Waals surface area contributed by atoms with Crippen molar-refractivity contribution in [3.8, 4) is 0 Å². The lowest BCUT2D eigenvalue weighted by Gasteiger charge is -2.09. The van der Waals surface area contributed by atoms with Crippen molar-refractivity contribution in [3.05, 3.63) is 50.8 Å². The Labute approximate surface area is 153 Å². The maximum absolute atomic E-state index is 12.5. The van der Waals surface area contributed by atoms with E-state index in [2.05, 4.69) is 20.5 Å². The molecule has 0 unspecified atom stereocenters. The molecule has 0 radical (unpaired) electrons.